The average Bonchev–Trinajstić information content (AvgIpc) is 3.22. The number of ether oxygens (including phenoxy) is 1. The van der Waals surface area contributed by atoms with Gasteiger partial charge in [0.25, 0.3) is 0 Å². The van der Waals surface area contributed by atoms with Gasteiger partial charge in [-0.2, -0.15) is 0 Å². The standard InChI is InChI=1S/C27H31NO/c1-22-14-16-23(17-15-22)18-20-28-19-8-13-26(28)21-29-27(24-9-4-2-5-10-24)25-11-6-3-7-12-25/h2-7,9-12,14-17,26-27H,8,13,18-21H2,1H3/t26-/m0/s1. The third-order valence-corrected chi connectivity index (χ3v) is 5.97. The number of benzene rings is 3. The van der Waals surface area contributed by atoms with E-state index in [1.807, 2.05) is 0 Å². The van der Waals surface area contributed by atoms with Gasteiger partial charge in [-0.1, -0.05) is 90.5 Å². The molecular weight excluding hydrogens is 354 g/mol. The Kier molecular flexibility index (Phi) is 6.76. The van der Waals surface area contributed by atoms with Gasteiger partial charge in [-0.05, 0) is 49.4 Å². The summed E-state index contributed by atoms with van der Waals surface area (Å²) in [5.41, 5.74) is 5.20. The van der Waals surface area contributed by atoms with Crippen LogP contribution in [0.1, 0.15) is 41.2 Å². The van der Waals surface area contributed by atoms with E-state index in [4.69, 9.17) is 4.74 Å². The SMILES string of the molecule is Cc1ccc(CCN2CCC[C@H]2COC(c2ccccc2)c2ccccc2)cc1. The number of hydrogen-bond donors (Lipinski definition) is 0. The quantitative estimate of drug-likeness (QED) is 0.485. The molecule has 0 bridgehead atoms. The molecule has 0 spiro atoms. The fourth-order valence-electron chi connectivity index (χ4n) is 4.25. The zero-order valence-corrected chi connectivity index (χ0v) is 17.3. The van der Waals surface area contributed by atoms with E-state index in [9.17, 15) is 0 Å². The minimum atomic E-state index is -0.00283. The van der Waals surface area contributed by atoms with Gasteiger partial charge in [0.2, 0.25) is 0 Å². The second-order valence-corrected chi connectivity index (χ2v) is 8.10. The van der Waals surface area contributed by atoms with Gasteiger partial charge >= 0.3 is 0 Å². The molecule has 0 amide bonds. The molecule has 0 aromatic heterocycles. The molecule has 0 radical (unpaired) electrons. The lowest BCUT2D eigenvalue weighted by molar-refractivity contribution is 0.0381. The molecule has 1 heterocycles. The molecule has 29 heavy (non-hydrogen) atoms. The fraction of sp³-hybridized carbons (Fsp3) is 0.333. The maximum Gasteiger partial charge on any atom is 0.108 e. The summed E-state index contributed by atoms with van der Waals surface area (Å²) in [4.78, 5) is 2.62. The molecule has 3 aromatic rings. The van der Waals surface area contributed by atoms with E-state index in [1.165, 1.54) is 41.6 Å². The molecule has 0 N–H and O–H groups in total. The molecular formula is C27H31NO. The highest BCUT2D eigenvalue weighted by Crippen LogP contribution is 2.28. The maximum atomic E-state index is 6.55. The third kappa shape index (κ3) is 5.35. The summed E-state index contributed by atoms with van der Waals surface area (Å²) in [7, 11) is 0. The van der Waals surface area contributed by atoms with Crippen molar-refractivity contribution in [2.75, 3.05) is 19.7 Å². The Balaban J connectivity index is 1.39. The number of hydrogen-bond acceptors (Lipinski definition) is 2. The molecule has 150 valence electrons. The van der Waals surface area contributed by atoms with Gasteiger partial charge < -0.3 is 4.74 Å². The van der Waals surface area contributed by atoms with Crippen LogP contribution >= 0.6 is 0 Å². The van der Waals surface area contributed by atoms with E-state index in [-0.39, 0.29) is 6.10 Å². The second kappa shape index (κ2) is 9.87. The van der Waals surface area contributed by atoms with E-state index in [0.29, 0.717) is 6.04 Å². The van der Waals surface area contributed by atoms with E-state index in [0.717, 1.165) is 19.6 Å². The minimum Gasteiger partial charge on any atom is -0.367 e. The zero-order chi connectivity index (χ0) is 19.9. The highest BCUT2D eigenvalue weighted by atomic mass is 16.5. The molecule has 1 aliphatic heterocycles. The van der Waals surface area contributed by atoms with Crippen molar-refractivity contribution < 1.29 is 4.74 Å². The Bertz CT molecular complexity index is 821. The Hall–Kier alpha value is -2.42. The van der Waals surface area contributed by atoms with Crippen molar-refractivity contribution in [1.29, 1.82) is 0 Å². The monoisotopic (exact) mass is 385 g/mol. The molecule has 3 aromatic carbocycles. The number of likely N-dealkylation sites (tertiary alicyclic amines) is 1. The highest BCUT2D eigenvalue weighted by molar-refractivity contribution is 5.30. The molecule has 1 fully saturated rings. The summed E-state index contributed by atoms with van der Waals surface area (Å²) in [6.45, 7) is 5.22. The summed E-state index contributed by atoms with van der Waals surface area (Å²) in [5, 5.41) is 0. The van der Waals surface area contributed by atoms with Gasteiger partial charge in [-0.15, -0.1) is 0 Å². The lowest BCUT2D eigenvalue weighted by Crippen LogP contribution is -2.35. The Morgan fingerprint density at radius 3 is 2.10 bits per heavy atom. The summed E-state index contributed by atoms with van der Waals surface area (Å²) in [6, 6.07) is 30.6. The smallest absolute Gasteiger partial charge is 0.108 e. The van der Waals surface area contributed by atoms with Crippen LogP contribution in [0.5, 0.6) is 0 Å². The van der Waals surface area contributed by atoms with Crippen molar-refractivity contribution in [2.24, 2.45) is 0 Å². The van der Waals surface area contributed by atoms with Crippen LogP contribution in [0.3, 0.4) is 0 Å². The van der Waals surface area contributed by atoms with Crippen LogP contribution in [0.2, 0.25) is 0 Å². The summed E-state index contributed by atoms with van der Waals surface area (Å²) in [5.74, 6) is 0. The minimum absolute atomic E-state index is 0.00283. The van der Waals surface area contributed by atoms with Gasteiger partial charge in [-0.25, -0.2) is 0 Å². The summed E-state index contributed by atoms with van der Waals surface area (Å²) < 4.78 is 6.55. The van der Waals surface area contributed by atoms with Crippen LogP contribution in [-0.2, 0) is 11.2 Å². The van der Waals surface area contributed by atoms with Gasteiger partial charge in [0, 0.05) is 12.6 Å². The van der Waals surface area contributed by atoms with E-state index < -0.39 is 0 Å². The molecule has 0 saturated carbocycles. The lowest BCUT2D eigenvalue weighted by Gasteiger charge is -2.27. The van der Waals surface area contributed by atoms with Crippen LogP contribution in [0.15, 0.2) is 84.9 Å². The van der Waals surface area contributed by atoms with Crippen molar-refractivity contribution >= 4 is 0 Å². The van der Waals surface area contributed by atoms with E-state index >= 15 is 0 Å². The average molecular weight is 386 g/mol. The molecule has 2 nitrogen and oxygen atoms in total. The van der Waals surface area contributed by atoms with Gasteiger partial charge in [0.1, 0.15) is 6.10 Å². The Labute approximate surface area is 175 Å². The Morgan fingerprint density at radius 2 is 1.48 bits per heavy atom. The summed E-state index contributed by atoms with van der Waals surface area (Å²) >= 11 is 0. The summed E-state index contributed by atoms with van der Waals surface area (Å²) in [6.07, 6.45) is 3.60. The van der Waals surface area contributed by atoms with E-state index in [1.54, 1.807) is 0 Å². The van der Waals surface area contributed by atoms with Crippen LogP contribution in [0, 0.1) is 6.92 Å². The highest BCUT2D eigenvalue weighted by Gasteiger charge is 2.26. The molecule has 0 unspecified atom stereocenters. The largest absolute Gasteiger partial charge is 0.367 e. The Morgan fingerprint density at radius 1 is 0.862 bits per heavy atom. The molecule has 0 aliphatic carbocycles. The number of rotatable bonds is 8. The zero-order valence-electron chi connectivity index (χ0n) is 17.3. The van der Waals surface area contributed by atoms with Gasteiger partial charge in [-0.3, -0.25) is 4.90 Å². The molecule has 1 aliphatic rings. The van der Waals surface area contributed by atoms with Gasteiger partial charge in [0.05, 0.1) is 6.61 Å². The van der Waals surface area contributed by atoms with Crippen molar-refractivity contribution in [1.82, 2.24) is 4.90 Å². The van der Waals surface area contributed by atoms with Crippen LogP contribution < -0.4 is 0 Å². The molecule has 2 heteroatoms. The lowest BCUT2D eigenvalue weighted by atomic mass is 10.0. The van der Waals surface area contributed by atoms with Gasteiger partial charge in [0.15, 0.2) is 0 Å². The second-order valence-electron chi connectivity index (χ2n) is 8.10. The predicted octanol–water partition coefficient (Wildman–Crippen LogP) is 5.81. The molecule has 1 saturated heterocycles. The van der Waals surface area contributed by atoms with Crippen molar-refractivity contribution in [3.63, 3.8) is 0 Å². The van der Waals surface area contributed by atoms with Crippen molar-refractivity contribution in [2.45, 2.75) is 38.3 Å². The van der Waals surface area contributed by atoms with Crippen LogP contribution in [-0.4, -0.2) is 30.6 Å². The maximum absolute atomic E-state index is 6.55. The molecule has 4 rings (SSSR count). The number of aryl methyl sites for hydroxylation is 1. The van der Waals surface area contributed by atoms with Crippen LogP contribution in [0.25, 0.3) is 0 Å². The van der Waals surface area contributed by atoms with E-state index in [2.05, 4.69) is 96.8 Å². The van der Waals surface area contributed by atoms with Crippen molar-refractivity contribution in [3.8, 4) is 0 Å². The third-order valence-electron chi connectivity index (χ3n) is 5.97. The first-order valence-corrected chi connectivity index (χ1v) is 10.8. The van der Waals surface area contributed by atoms with Crippen LogP contribution in [0.4, 0.5) is 0 Å². The normalized spacial score (nSPS) is 17.1. The first-order chi connectivity index (χ1) is 14.3. The number of nitrogens with zero attached hydrogens (tertiary/aromatic N) is 1. The van der Waals surface area contributed by atoms with Crippen molar-refractivity contribution in [3.05, 3.63) is 107 Å². The first kappa shape index (κ1) is 19.9. The predicted molar refractivity (Wildman–Crippen MR) is 120 cm³/mol. The molecule has 1 atom stereocenters. The first-order valence-electron chi connectivity index (χ1n) is 10.8. The fourth-order valence-corrected chi connectivity index (χ4v) is 4.25. The topological polar surface area (TPSA) is 12.5 Å².